The maximum Gasteiger partial charge on any atom is 0.405 e. The van der Waals surface area contributed by atoms with E-state index in [4.69, 9.17) is 11.0 Å². The Hall–Kier alpha value is -1.64. The zero-order chi connectivity index (χ0) is 10.8. The normalized spacial score (nSPS) is 29.9. The number of nitrogens with zero attached hydrogens (tertiary/aromatic N) is 1. The maximum absolute atomic E-state index is 12.5. The molecule has 0 aliphatic heterocycles. The first-order chi connectivity index (χ1) is 6.50. The van der Waals surface area contributed by atoms with E-state index in [9.17, 15) is 14.0 Å². The fraction of sp³-hybridized carbons (Fsp3) is 0.625. The Morgan fingerprint density at radius 3 is 2.57 bits per heavy atom. The van der Waals surface area contributed by atoms with Crippen molar-refractivity contribution < 1.29 is 18.7 Å². The zero-order valence-corrected chi connectivity index (χ0v) is 7.33. The quantitative estimate of drug-likeness (QED) is 0.676. The van der Waals surface area contributed by atoms with Gasteiger partial charge in [0.15, 0.2) is 0 Å². The summed E-state index contributed by atoms with van der Waals surface area (Å²) in [5.74, 6) is -0.0981. The van der Waals surface area contributed by atoms with Gasteiger partial charge in [0.2, 0.25) is 5.60 Å². The van der Waals surface area contributed by atoms with Crippen LogP contribution in [0.15, 0.2) is 0 Å². The van der Waals surface area contributed by atoms with Crippen LogP contribution in [0.3, 0.4) is 0 Å². The minimum absolute atomic E-state index is 0.0405. The number of amides is 1. The summed E-state index contributed by atoms with van der Waals surface area (Å²) in [6.45, 7) is 0. The third-order valence-electron chi connectivity index (χ3n) is 2.27. The van der Waals surface area contributed by atoms with Gasteiger partial charge in [0.05, 0.1) is 6.07 Å². The van der Waals surface area contributed by atoms with Crippen LogP contribution in [-0.4, -0.2) is 17.7 Å². The van der Waals surface area contributed by atoms with Crippen molar-refractivity contribution in [3.8, 4) is 6.07 Å². The van der Waals surface area contributed by atoms with Gasteiger partial charge in [-0.25, -0.2) is 4.79 Å². The molecule has 14 heavy (non-hydrogen) atoms. The lowest BCUT2D eigenvalue weighted by Crippen LogP contribution is -2.53. The summed E-state index contributed by atoms with van der Waals surface area (Å²) in [4.78, 5) is 20.9. The number of nitrogens with two attached hydrogens (primary N) is 1. The fourth-order valence-electron chi connectivity index (χ4n) is 1.62. The molecule has 0 heterocycles. The lowest BCUT2D eigenvalue weighted by atomic mass is 9.70. The number of halogens is 1. The Kier molecular flexibility index (Phi) is 2.70. The van der Waals surface area contributed by atoms with E-state index < -0.39 is 17.7 Å². The summed E-state index contributed by atoms with van der Waals surface area (Å²) in [5.41, 5.74) is 2.99. The summed E-state index contributed by atoms with van der Waals surface area (Å²) < 4.78 is 16.9. The molecule has 2 N–H and O–H groups in total. The van der Waals surface area contributed by atoms with E-state index in [1.165, 1.54) is 0 Å². The Bertz CT molecular complexity index is 304. The topological polar surface area (TPSA) is 93.2 Å². The molecule has 0 saturated heterocycles. The fourth-order valence-corrected chi connectivity index (χ4v) is 1.62. The number of nitriles is 1. The molecule has 1 fully saturated rings. The first-order valence-corrected chi connectivity index (χ1v) is 4.05. The minimum atomic E-state index is -1.71. The van der Waals surface area contributed by atoms with Crippen molar-refractivity contribution >= 4 is 12.1 Å². The van der Waals surface area contributed by atoms with Gasteiger partial charge in [0, 0.05) is 19.3 Å². The standard InChI is InChI=1S/C8H9FN2O3/c9-6(12)8(14-7(11)13)3-5(4-8)1-2-10/h5H,1,3-4H2,(H2,11,13). The highest BCUT2D eigenvalue weighted by molar-refractivity contribution is 5.83. The highest BCUT2D eigenvalue weighted by Crippen LogP contribution is 2.43. The highest BCUT2D eigenvalue weighted by atomic mass is 19.1. The van der Waals surface area contributed by atoms with E-state index in [1.807, 2.05) is 6.07 Å². The predicted molar refractivity (Wildman–Crippen MR) is 42.5 cm³/mol. The SMILES string of the molecule is N#CCC1CC(OC(N)=O)(C(=O)F)C1. The van der Waals surface area contributed by atoms with E-state index in [1.54, 1.807) is 0 Å². The first kappa shape index (κ1) is 10.4. The van der Waals surface area contributed by atoms with Crippen LogP contribution in [0.1, 0.15) is 19.3 Å². The third-order valence-corrected chi connectivity index (χ3v) is 2.27. The summed E-state index contributed by atoms with van der Waals surface area (Å²) in [5, 5.41) is 8.33. The molecule has 0 aromatic heterocycles. The molecule has 0 bridgehead atoms. The van der Waals surface area contributed by atoms with Gasteiger partial charge in [0.25, 0.3) is 0 Å². The molecule has 1 rings (SSSR count). The molecule has 1 saturated carbocycles. The molecule has 5 nitrogen and oxygen atoms in total. The van der Waals surface area contributed by atoms with Gasteiger partial charge < -0.3 is 10.5 Å². The lowest BCUT2D eigenvalue weighted by molar-refractivity contribution is -0.164. The zero-order valence-electron chi connectivity index (χ0n) is 7.33. The van der Waals surface area contributed by atoms with Crippen molar-refractivity contribution in [2.45, 2.75) is 24.9 Å². The molecule has 0 aromatic rings. The van der Waals surface area contributed by atoms with Gasteiger partial charge in [-0.1, -0.05) is 0 Å². The van der Waals surface area contributed by atoms with Gasteiger partial charge in [-0.15, -0.1) is 0 Å². The van der Waals surface area contributed by atoms with Gasteiger partial charge >= 0.3 is 12.1 Å². The van der Waals surface area contributed by atoms with E-state index in [0.29, 0.717) is 0 Å². The second-order valence-electron chi connectivity index (χ2n) is 3.33. The molecule has 76 valence electrons. The number of rotatable bonds is 3. The summed E-state index contributed by atoms with van der Waals surface area (Å²) in [6, 6.07) is 0.191. The van der Waals surface area contributed by atoms with Crippen molar-refractivity contribution in [2.75, 3.05) is 0 Å². The summed E-state index contributed by atoms with van der Waals surface area (Å²) in [7, 11) is 0. The van der Waals surface area contributed by atoms with Gasteiger partial charge in [-0.2, -0.15) is 9.65 Å². The molecule has 0 aromatic carbocycles. The van der Waals surface area contributed by atoms with Crippen LogP contribution in [0.25, 0.3) is 0 Å². The van der Waals surface area contributed by atoms with Crippen LogP contribution in [0.4, 0.5) is 9.18 Å². The molecule has 0 spiro atoms. The van der Waals surface area contributed by atoms with E-state index >= 15 is 0 Å². The third kappa shape index (κ3) is 1.82. The first-order valence-electron chi connectivity index (χ1n) is 4.05. The molecule has 1 aliphatic carbocycles. The molecule has 0 atom stereocenters. The minimum Gasteiger partial charge on any atom is -0.432 e. The van der Waals surface area contributed by atoms with Crippen LogP contribution in [0.2, 0.25) is 0 Å². The van der Waals surface area contributed by atoms with Crippen molar-refractivity contribution in [3.63, 3.8) is 0 Å². The average Bonchev–Trinajstić information content (AvgIpc) is 1.98. The molecule has 0 radical (unpaired) electrons. The number of hydrogen-bond acceptors (Lipinski definition) is 4. The van der Waals surface area contributed by atoms with Crippen LogP contribution < -0.4 is 5.73 Å². The Balaban J connectivity index is 2.58. The second kappa shape index (κ2) is 3.62. The second-order valence-corrected chi connectivity index (χ2v) is 3.33. The summed E-state index contributed by atoms with van der Waals surface area (Å²) >= 11 is 0. The van der Waals surface area contributed by atoms with Crippen LogP contribution >= 0.6 is 0 Å². The van der Waals surface area contributed by atoms with Crippen molar-refractivity contribution in [3.05, 3.63) is 0 Å². The smallest absolute Gasteiger partial charge is 0.405 e. The average molecular weight is 200 g/mol. The lowest BCUT2D eigenvalue weighted by Gasteiger charge is -2.41. The summed E-state index contributed by atoms with van der Waals surface area (Å²) in [6.07, 6.45) is -0.874. The molecule has 6 heteroatoms. The number of hydrogen-bond donors (Lipinski definition) is 1. The van der Waals surface area contributed by atoms with E-state index in [2.05, 4.69) is 4.74 Å². The highest BCUT2D eigenvalue weighted by Gasteiger charge is 2.53. The van der Waals surface area contributed by atoms with Crippen LogP contribution in [0, 0.1) is 17.2 Å². The number of carbonyl (C=O) groups is 2. The largest absolute Gasteiger partial charge is 0.432 e. The molecule has 1 amide bonds. The number of carbonyl (C=O) groups excluding carboxylic acids is 2. The van der Waals surface area contributed by atoms with Crippen molar-refractivity contribution in [1.82, 2.24) is 0 Å². The Morgan fingerprint density at radius 2 is 2.21 bits per heavy atom. The van der Waals surface area contributed by atoms with Crippen molar-refractivity contribution in [2.24, 2.45) is 11.7 Å². The molecule has 1 aliphatic rings. The van der Waals surface area contributed by atoms with E-state index in [0.717, 1.165) is 0 Å². The maximum atomic E-state index is 12.5. The van der Waals surface area contributed by atoms with E-state index in [-0.39, 0.29) is 25.2 Å². The molecular weight excluding hydrogens is 191 g/mol. The van der Waals surface area contributed by atoms with Gasteiger partial charge in [-0.05, 0) is 5.92 Å². The number of primary amides is 1. The van der Waals surface area contributed by atoms with Crippen molar-refractivity contribution in [1.29, 1.82) is 5.26 Å². The monoisotopic (exact) mass is 200 g/mol. The van der Waals surface area contributed by atoms with Gasteiger partial charge in [-0.3, -0.25) is 4.79 Å². The van der Waals surface area contributed by atoms with Gasteiger partial charge in [0.1, 0.15) is 0 Å². The predicted octanol–water partition coefficient (Wildman–Crippen LogP) is 0.640. The molecule has 0 unspecified atom stereocenters. The van der Waals surface area contributed by atoms with Crippen LogP contribution in [0.5, 0.6) is 0 Å². The Morgan fingerprint density at radius 1 is 1.64 bits per heavy atom. The Labute approximate surface area is 79.6 Å². The van der Waals surface area contributed by atoms with Crippen LogP contribution in [-0.2, 0) is 9.53 Å². The molecular formula is C8H9FN2O3. The number of ether oxygens (including phenoxy) is 1.